The zero-order valence-corrected chi connectivity index (χ0v) is 14.1. The maximum absolute atomic E-state index is 6.30. The van der Waals surface area contributed by atoms with Gasteiger partial charge in [0.1, 0.15) is 11.0 Å². The minimum absolute atomic E-state index is 0.00579. The summed E-state index contributed by atoms with van der Waals surface area (Å²) >= 11 is 6.30. The summed E-state index contributed by atoms with van der Waals surface area (Å²) in [7, 11) is 0. The molecule has 1 aromatic carbocycles. The van der Waals surface area contributed by atoms with Gasteiger partial charge in [-0.05, 0) is 43.2 Å². The van der Waals surface area contributed by atoms with Crippen LogP contribution in [0.5, 0.6) is 0 Å². The van der Waals surface area contributed by atoms with Crippen molar-refractivity contribution in [1.82, 2.24) is 9.97 Å². The van der Waals surface area contributed by atoms with E-state index in [1.165, 1.54) is 5.56 Å². The molecule has 0 spiro atoms. The Morgan fingerprint density at radius 1 is 1.29 bits per heavy atom. The first-order valence-corrected chi connectivity index (χ1v) is 7.53. The molecule has 0 unspecified atom stereocenters. The van der Waals surface area contributed by atoms with Crippen LogP contribution in [-0.4, -0.2) is 16.5 Å². The molecule has 0 saturated heterocycles. The fraction of sp³-hybridized carbons (Fsp3) is 0.412. The summed E-state index contributed by atoms with van der Waals surface area (Å²) in [6.07, 6.45) is 1.85. The molecular formula is C17H22ClN3. The second-order valence-electron chi connectivity index (χ2n) is 6.17. The van der Waals surface area contributed by atoms with Crippen LogP contribution >= 0.6 is 11.6 Å². The predicted octanol–water partition coefficient (Wildman–Crippen LogP) is 4.86. The maximum atomic E-state index is 6.30. The Labute approximate surface area is 131 Å². The van der Waals surface area contributed by atoms with Crippen molar-refractivity contribution in [1.29, 1.82) is 0 Å². The molecule has 1 heterocycles. The first kappa shape index (κ1) is 15.8. The Kier molecular flexibility index (Phi) is 4.24. The lowest BCUT2D eigenvalue weighted by molar-refractivity contribution is 0.590. The van der Waals surface area contributed by atoms with E-state index in [1.807, 2.05) is 13.1 Å². The smallest absolute Gasteiger partial charge is 0.140 e. The van der Waals surface area contributed by atoms with Crippen LogP contribution in [0, 0.1) is 6.92 Å². The minimum atomic E-state index is -0.00579. The van der Waals surface area contributed by atoms with Crippen molar-refractivity contribution in [3.05, 3.63) is 41.5 Å². The maximum Gasteiger partial charge on any atom is 0.140 e. The topological polar surface area (TPSA) is 29.0 Å². The largest absolute Gasteiger partial charge is 0.349 e. The van der Waals surface area contributed by atoms with E-state index in [1.54, 1.807) is 0 Å². The summed E-state index contributed by atoms with van der Waals surface area (Å²) in [5, 5.41) is 1.41. The molecular weight excluding hydrogens is 282 g/mol. The van der Waals surface area contributed by atoms with Crippen molar-refractivity contribution in [2.45, 2.75) is 40.0 Å². The van der Waals surface area contributed by atoms with E-state index in [0.717, 1.165) is 23.1 Å². The quantitative estimate of drug-likeness (QED) is 0.758. The number of aromatic nitrogens is 2. The van der Waals surface area contributed by atoms with Gasteiger partial charge in [0.05, 0.1) is 5.52 Å². The highest BCUT2D eigenvalue weighted by molar-refractivity contribution is 6.34. The third-order valence-electron chi connectivity index (χ3n) is 3.56. The molecule has 2 aromatic rings. The highest BCUT2D eigenvalue weighted by atomic mass is 35.5. The van der Waals surface area contributed by atoms with Gasteiger partial charge in [0.25, 0.3) is 0 Å². The van der Waals surface area contributed by atoms with Crippen molar-refractivity contribution in [2.24, 2.45) is 0 Å². The Morgan fingerprint density at radius 3 is 2.48 bits per heavy atom. The summed E-state index contributed by atoms with van der Waals surface area (Å²) in [5.74, 6) is 0.684. The molecule has 0 aliphatic heterocycles. The second-order valence-corrected chi connectivity index (χ2v) is 6.52. The van der Waals surface area contributed by atoms with E-state index in [4.69, 9.17) is 11.6 Å². The third kappa shape index (κ3) is 3.03. The molecule has 3 nitrogen and oxygen atoms in total. The number of benzene rings is 1. The lowest BCUT2D eigenvalue weighted by atomic mass is 9.84. The normalized spacial score (nSPS) is 11.7. The van der Waals surface area contributed by atoms with Gasteiger partial charge in [-0.3, -0.25) is 0 Å². The Balaban J connectivity index is 2.84. The molecule has 0 bridgehead atoms. The van der Waals surface area contributed by atoms with Gasteiger partial charge in [0.15, 0.2) is 0 Å². The van der Waals surface area contributed by atoms with Crippen LogP contribution in [0.4, 0.5) is 5.69 Å². The summed E-state index contributed by atoms with van der Waals surface area (Å²) in [6, 6.07) is 4.19. The van der Waals surface area contributed by atoms with E-state index >= 15 is 0 Å². The number of aryl methyl sites for hydroxylation is 1. The average Bonchev–Trinajstić information content (AvgIpc) is 2.37. The molecule has 0 amide bonds. The number of rotatable bonds is 3. The number of hydrogen-bond acceptors (Lipinski definition) is 3. The molecule has 0 aliphatic carbocycles. The molecule has 0 saturated carbocycles. The molecule has 2 rings (SSSR count). The van der Waals surface area contributed by atoms with Gasteiger partial charge in [-0.1, -0.05) is 39.0 Å². The Hall–Kier alpha value is -1.61. The molecule has 0 atom stereocenters. The fourth-order valence-corrected chi connectivity index (χ4v) is 2.75. The van der Waals surface area contributed by atoms with E-state index in [9.17, 15) is 0 Å². The van der Waals surface area contributed by atoms with E-state index < -0.39 is 0 Å². The van der Waals surface area contributed by atoms with Crippen molar-refractivity contribution < 1.29 is 0 Å². The Bertz CT molecular complexity index is 686. The zero-order chi connectivity index (χ0) is 15.8. The lowest BCUT2D eigenvalue weighted by Gasteiger charge is -2.29. The van der Waals surface area contributed by atoms with Crippen LogP contribution in [0.1, 0.15) is 39.1 Å². The average molecular weight is 304 g/mol. The number of fused-ring (bicyclic) bond motifs is 1. The van der Waals surface area contributed by atoms with Crippen LogP contribution < -0.4 is 4.90 Å². The number of hydrogen-bond donors (Lipinski definition) is 0. The fourth-order valence-electron chi connectivity index (χ4n) is 2.47. The summed E-state index contributed by atoms with van der Waals surface area (Å²) in [5.41, 5.74) is 3.21. The lowest BCUT2D eigenvalue weighted by Crippen LogP contribution is -2.21. The molecule has 0 radical (unpaired) electrons. The van der Waals surface area contributed by atoms with Crippen molar-refractivity contribution >= 4 is 28.2 Å². The van der Waals surface area contributed by atoms with Crippen molar-refractivity contribution in [3.63, 3.8) is 0 Å². The van der Waals surface area contributed by atoms with Crippen LogP contribution in [0.2, 0.25) is 5.15 Å². The van der Waals surface area contributed by atoms with Crippen molar-refractivity contribution in [2.75, 3.05) is 11.4 Å². The molecule has 0 N–H and O–H groups in total. The predicted molar refractivity (Wildman–Crippen MR) is 91.2 cm³/mol. The summed E-state index contributed by atoms with van der Waals surface area (Å²) < 4.78 is 0. The highest BCUT2D eigenvalue weighted by Gasteiger charge is 2.22. The third-order valence-corrected chi connectivity index (χ3v) is 3.85. The second kappa shape index (κ2) is 5.64. The molecule has 0 aliphatic rings. The number of nitrogens with zero attached hydrogens (tertiary/aromatic N) is 3. The molecule has 1 aromatic heterocycles. The Morgan fingerprint density at radius 2 is 1.95 bits per heavy atom. The highest BCUT2D eigenvalue weighted by Crippen LogP contribution is 2.36. The standard InChI is InChI=1S/C17H22ClN3/c1-7-21(8-2)15-10-14-12(9-13(15)17(4,5)6)16(18)20-11(3)19-14/h7,9-10H,1,8H2,2-6H3. The first-order valence-electron chi connectivity index (χ1n) is 7.15. The van der Waals surface area contributed by atoms with Gasteiger partial charge in [0, 0.05) is 17.6 Å². The van der Waals surface area contributed by atoms with Crippen LogP contribution in [0.15, 0.2) is 24.9 Å². The van der Waals surface area contributed by atoms with Gasteiger partial charge in [0.2, 0.25) is 0 Å². The van der Waals surface area contributed by atoms with Gasteiger partial charge in [-0.15, -0.1) is 0 Å². The van der Waals surface area contributed by atoms with Crippen LogP contribution in [-0.2, 0) is 5.41 Å². The SMILES string of the molecule is C=CN(CC)c1cc2nc(C)nc(Cl)c2cc1C(C)(C)C. The molecule has 4 heteroatoms. The van der Waals surface area contributed by atoms with Gasteiger partial charge < -0.3 is 4.90 Å². The summed E-state index contributed by atoms with van der Waals surface area (Å²) in [6.45, 7) is 15.3. The summed E-state index contributed by atoms with van der Waals surface area (Å²) in [4.78, 5) is 10.9. The zero-order valence-electron chi connectivity index (χ0n) is 13.4. The van der Waals surface area contributed by atoms with E-state index in [-0.39, 0.29) is 5.41 Å². The molecule has 21 heavy (non-hydrogen) atoms. The van der Waals surface area contributed by atoms with E-state index in [2.05, 4.69) is 61.3 Å². The van der Waals surface area contributed by atoms with Gasteiger partial charge >= 0.3 is 0 Å². The van der Waals surface area contributed by atoms with Gasteiger partial charge in [-0.2, -0.15) is 0 Å². The van der Waals surface area contributed by atoms with Crippen LogP contribution in [0.3, 0.4) is 0 Å². The number of halogens is 1. The molecule has 0 fully saturated rings. The van der Waals surface area contributed by atoms with Gasteiger partial charge in [-0.25, -0.2) is 9.97 Å². The van der Waals surface area contributed by atoms with E-state index in [0.29, 0.717) is 11.0 Å². The first-order chi connectivity index (χ1) is 9.77. The minimum Gasteiger partial charge on any atom is -0.349 e. The number of anilines is 1. The monoisotopic (exact) mass is 303 g/mol. The molecule has 112 valence electrons. The van der Waals surface area contributed by atoms with Crippen molar-refractivity contribution in [3.8, 4) is 0 Å². The van der Waals surface area contributed by atoms with Crippen LogP contribution in [0.25, 0.3) is 10.9 Å².